The molecule has 1 aromatic heterocycles. The quantitative estimate of drug-likeness (QED) is 0.789. The lowest BCUT2D eigenvalue weighted by Crippen LogP contribution is -2.45. The number of carbonyl (C=O) groups excluding carboxylic acids is 1. The van der Waals surface area contributed by atoms with Crippen molar-refractivity contribution in [2.24, 2.45) is 0 Å². The van der Waals surface area contributed by atoms with Gasteiger partial charge in [0.05, 0.1) is 11.2 Å². The molecule has 25 heavy (non-hydrogen) atoms. The maximum Gasteiger partial charge on any atom is 0.281 e. The van der Waals surface area contributed by atoms with Gasteiger partial charge in [-0.1, -0.05) is 0 Å². The number of furan rings is 1. The summed E-state index contributed by atoms with van der Waals surface area (Å²) in [5.74, 6) is 0.885. The third-order valence-electron chi connectivity index (χ3n) is 4.53. The molecule has 0 spiro atoms. The van der Waals surface area contributed by atoms with Gasteiger partial charge in [-0.25, -0.2) is 0 Å². The first-order valence-corrected chi connectivity index (χ1v) is 9.70. The first kappa shape index (κ1) is 19.9. The lowest BCUT2D eigenvalue weighted by Gasteiger charge is -2.27. The Labute approximate surface area is 149 Å². The molecule has 1 aromatic rings. The van der Waals surface area contributed by atoms with Crippen molar-refractivity contribution in [1.29, 1.82) is 0 Å². The van der Waals surface area contributed by atoms with Gasteiger partial charge in [0.15, 0.2) is 0 Å². The van der Waals surface area contributed by atoms with Crippen LogP contribution in [0, 0.1) is 13.8 Å². The van der Waals surface area contributed by atoms with E-state index in [1.165, 1.54) is 22.7 Å². The number of nitrogens with one attached hydrogen (secondary N) is 1. The minimum Gasteiger partial charge on any atom is -0.466 e. The van der Waals surface area contributed by atoms with Crippen molar-refractivity contribution in [3.05, 3.63) is 23.2 Å². The van der Waals surface area contributed by atoms with E-state index in [0.29, 0.717) is 36.5 Å². The second-order valence-electron chi connectivity index (χ2n) is 6.78. The summed E-state index contributed by atoms with van der Waals surface area (Å²) in [6.45, 7) is 4.13. The van der Waals surface area contributed by atoms with Crippen LogP contribution in [0.3, 0.4) is 0 Å². The topological polar surface area (TPSA) is 103 Å². The number of aryl methyl sites for hydroxylation is 2. The summed E-state index contributed by atoms with van der Waals surface area (Å²) in [7, 11) is -0.519. The van der Waals surface area contributed by atoms with E-state index in [-0.39, 0.29) is 25.4 Å². The van der Waals surface area contributed by atoms with Crippen LogP contribution in [0.15, 0.2) is 10.5 Å². The van der Waals surface area contributed by atoms with Crippen LogP contribution in [-0.4, -0.2) is 67.4 Å². The van der Waals surface area contributed by atoms with Gasteiger partial charge in [-0.05, 0) is 39.2 Å². The number of amides is 1. The van der Waals surface area contributed by atoms with Crippen LogP contribution in [0.4, 0.5) is 0 Å². The largest absolute Gasteiger partial charge is 0.466 e. The molecule has 142 valence electrons. The summed E-state index contributed by atoms with van der Waals surface area (Å²) in [5.41, 5.74) is -0.676. The number of nitrogens with zero attached hydrogens (tertiary/aromatic N) is 2. The second-order valence-corrected chi connectivity index (χ2v) is 8.92. The van der Waals surface area contributed by atoms with Crippen LogP contribution in [0.2, 0.25) is 0 Å². The molecule has 9 heteroatoms. The van der Waals surface area contributed by atoms with Crippen molar-refractivity contribution in [3.8, 4) is 0 Å². The highest BCUT2D eigenvalue weighted by atomic mass is 32.2. The van der Waals surface area contributed by atoms with Crippen molar-refractivity contribution in [3.63, 3.8) is 0 Å². The molecule has 0 saturated carbocycles. The molecule has 0 aromatic carbocycles. The van der Waals surface area contributed by atoms with Crippen molar-refractivity contribution in [1.82, 2.24) is 13.9 Å². The lowest BCUT2D eigenvalue weighted by molar-refractivity contribution is 0.0264. The summed E-state index contributed by atoms with van der Waals surface area (Å²) in [6, 6.07) is 1.66. The Balaban J connectivity index is 1.98. The summed E-state index contributed by atoms with van der Waals surface area (Å²) >= 11 is 0. The molecule has 1 atom stereocenters. The number of hydrogen-bond donors (Lipinski definition) is 2. The molecule has 0 radical (unpaired) electrons. The summed E-state index contributed by atoms with van der Waals surface area (Å²) < 4.78 is 32.3. The zero-order valence-corrected chi connectivity index (χ0v) is 16.0. The van der Waals surface area contributed by atoms with Crippen LogP contribution in [0.1, 0.15) is 41.1 Å². The first-order chi connectivity index (χ1) is 11.5. The van der Waals surface area contributed by atoms with E-state index < -0.39 is 15.8 Å². The Morgan fingerprint density at radius 1 is 1.36 bits per heavy atom. The molecule has 2 heterocycles. The van der Waals surface area contributed by atoms with Crippen LogP contribution >= 0.6 is 0 Å². The van der Waals surface area contributed by atoms with Gasteiger partial charge >= 0.3 is 0 Å². The summed E-state index contributed by atoms with van der Waals surface area (Å²) in [4.78, 5) is 12.3. The Hall–Kier alpha value is -1.42. The van der Waals surface area contributed by atoms with E-state index in [1.54, 1.807) is 19.9 Å². The number of rotatable bonds is 5. The predicted octanol–water partition coefficient (Wildman–Crippen LogP) is 0.650. The smallest absolute Gasteiger partial charge is 0.281 e. The molecule has 1 fully saturated rings. The van der Waals surface area contributed by atoms with Crippen LogP contribution < -0.4 is 5.32 Å². The minimum absolute atomic E-state index is 0.0748. The fourth-order valence-electron chi connectivity index (χ4n) is 2.99. The Morgan fingerprint density at radius 2 is 2.04 bits per heavy atom. The van der Waals surface area contributed by atoms with Gasteiger partial charge in [0.25, 0.3) is 16.1 Å². The standard InChI is InChI=1S/C16H27N3O5S/c1-12-10-14(13(2)24-12)15(20)17-11-16(21)6-5-8-19(9-7-16)25(22,23)18(3)4/h10,21H,5-9,11H2,1-4H3,(H,17,20). The molecule has 1 aliphatic rings. The van der Waals surface area contributed by atoms with E-state index in [0.717, 1.165) is 0 Å². The SMILES string of the molecule is Cc1cc(C(=O)NCC2(O)CCCN(S(=O)(=O)N(C)C)CC2)c(C)o1. The molecule has 2 N–H and O–H groups in total. The zero-order chi connectivity index (χ0) is 18.8. The molecule has 2 rings (SSSR count). The highest BCUT2D eigenvalue weighted by Gasteiger charge is 2.35. The zero-order valence-electron chi connectivity index (χ0n) is 15.2. The monoisotopic (exact) mass is 373 g/mol. The third-order valence-corrected chi connectivity index (χ3v) is 6.47. The minimum atomic E-state index is -3.49. The van der Waals surface area contributed by atoms with Gasteiger partial charge in [0.2, 0.25) is 0 Å². The Kier molecular flexibility index (Phi) is 5.93. The molecule has 1 unspecified atom stereocenters. The maximum atomic E-state index is 12.3. The second kappa shape index (κ2) is 7.45. The highest BCUT2D eigenvalue weighted by molar-refractivity contribution is 7.86. The highest BCUT2D eigenvalue weighted by Crippen LogP contribution is 2.24. The average Bonchev–Trinajstić information content (AvgIpc) is 2.74. The van der Waals surface area contributed by atoms with Crippen LogP contribution in [0.5, 0.6) is 0 Å². The fraction of sp³-hybridized carbons (Fsp3) is 0.688. The van der Waals surface area contributed by atoms with Gasteiger partial charge in [-0.3, -0.25) is 4.79 Å². The number of carbonyl (C=O) groups is 1. The van der Waals surface area contributed by atoms with Gasteiger partial charge in [0, 0.05) is 33.7 Å². The van der Waals surface area contributed by atoms with E-state index in [2.05, 4.69) is 5.32 Å². The summed E-state index contributed by atoms with van der Waals surface area (Å²) in [6.07, 6.45) is 1.23. The Morgan fingerprint density at radius 3 is 2.60 bits per heavy atom. The molecule has 8 nitrogen and oxygen atoms in total. The van der Waals surface area contributed by atoms with E-state index in [4.69, 9.17) is 4.42 Å². The van der Waals surface area contributed by atoms with E-state index in [9.17, 15) is 18.3 Å². The number of aliphatic hydroxyl groups is 1. The average molecular weight is 373 g/mol. The van der Waals surface area contributed by atoms with Gasteiger partial charge in [-0.2, -0.15) is 17.0 Å². The van der Waals surface area contributed by atoms with Crippen molar-refractivity contribution < 1.29 is 22.7 Å². The van der Waals surface area contributed by atoms with Gasteiger partial charge in [0.1, 0.15) is 11.5 Å². The molecular formula is C16H27N3O5S. The molecular weight excluding hydrogens is 346 g/mol. The summed E-state index contributed by atoms with van der Waals surface area (Å²) in [5, 5.41) is 13.5. The van der Waals surface area contributed by atoms with Crippen molar-refractivity contribution >= 4 is 16.1 Å². The van der Waals surface area contributed by atoms with Gasteiger partial charge < -0.3 is 14.8 Å². The Bertz CT molecular complexity index is 728. The normalized spacial score (nSPS) is 22.8. The van der Waals surface area contributed by atoms with Crippen LogP contribution in [-0.2, 0) is 10.2 Å². The predicted molar refractivity (Wildman–Crippen MR) is 93.5 cm³/mol. The third kappa shape index (κ3) is 4.60. The number of hydrogen-bond acceptors (Lipinski definition) is 5. The van der Waals surface area contributed by atoms with Crippen molar-refractivity contribution in [2.75, 3.05) is 33.7 Å². The first-order valence-electron chi connectivity index (χ1n) is 8.30. The molecule has 0 aliphatic carbocycles. The lowest BCUT2D eigenvalue weighted by atomic mass is 9.95. The van der Waals surface area contributed by atoms with Crippen molar-refractivity contribution in [2.45, 2.75) is 38.7 Å². The molecule has 1 amide bonds. The fourth-order valence-corrected chi connectivity index (χ4v) is 4.13. The molecule has 1 saturated heterocycles. The van der Waals surface area contributed by atoms with Gasteiger partial charge in [-0.15, -0.1) is 0 Å². The molecule has 1 aliphatic heterocycles. The van der Waals surface area contributed by atoms with E-state index in [1.807, 2.05) is 0 Å². The van der Waals surface area contributed by atoms with E-state index >= 15 is 0 Å². The molecule has 0 bridgehead atoms. The maximum absolute atomic E-state index is 12.3. The van der Waals surface area contributed by atoms with Crippen LogP contribution in [0.25, 0.3) is 0 Å².